The minimum atomic E-state index is -0.510. The monoisotopic (exact) mass is 636 g/mol. The third-order valence-corrected chi connectivity index (χ3v) is 7.53. The minimum absolute atomic E-state index is 0.0244. The van der Waals surface area contributed by atoms with Crippen molar-refractivity contribution in [3.05, 3.63) is 90.0 Å². The van der Waals surface area contributed by atoms with Crippen molar-refractivity contribution in [2.24, 2.45) is 20.7 Å². The number of H-pyrrole nitrogens is 1. The molecule has 2 aromatic heterocycles. The molecule has 47 heavy (non-hydrogen) atoms. The van der Waals surface area contributed by atoms with Crippen LogP contribution in [0.3, 0.4) is 0 Å². The largest absolute Gasteiger partial charge is 0.459 e. The quantitative estimate of drug-likeness (QED) is 0.139. The highest BCUT2D eigenvalue weighted by Crippen LogP contribution is 2.33. The summed E-state index contributed by atoms with van der Waals surface area (Å²) in [5.74, 6) is -0.158. The van der Waals surface area contributed by atoms with Gasteiger partial charge in [-0.25, -0.2) is 24.3 Å². The summed E-state index contributed by atoms with van der Waals surface area (Å²) in [4.78, 5) is 39.5. The zero-order chi connectivity index (χ0) is 33.3. The molecule has 1 unspecified atom stereocenters. The lowest BCUT2D eigenvalue weighted by atomic mass is 10.1. The van der Waals surface area contributed by atoms with Crippen LogP contribution in [-0.4, -0.2) is 77.1 Å². The van der Waals surface area contributed by atoms with Gasteiger partial charge in [0.25, 0.3) is 5.95 Å². The van der Waals surface area contributed by atoms with Gasteiger partial charge in [0.1, 0.15) is 17.8 Å². The van der Waals surface area contributed by atoms with Crippen LogP contribution >= 0.6 is 0 Å². The molecule has 5 N–H and O–H groups in total. The Hall–Kier alpha value is -5.69. The van der Waals surface area contributed by atoms with Crippen molar-refractivity contribution in [2.75, 3.05) is 32.0 Å². The Morgan fingerprint density at radius 1 is 1.26 bits per heavy atom. The molecule has 4 aromatic rings. The number of amides is 1. The molecule has 5 rings (SSSR count). The molecular formula is C34H37FN10O2. The summed E-state index contributed by atoms with van der Waals surface area (Å²) in [7, 11) is 1.80. The van der Waals surface area contributed by atoms with Crippen molar-refractivity contribution in [1.82, 2.24) is 25.2 Å². The molecule has 13 heteroatoms. The number of aromatic nitrogens is 3. The Morgan fingerprint density at radius 3 is 2.83 bits per heavy atom. The predicted molar refractivity (Wildman–Crippen MR) is 185 cm³/mol. The summed E-state index contributed by atoms with van der Waals surface area (Å²) < 4.78 is 20.2. The Kier molecular flexibility index (Phi) is 10.5. The summed E-state index contributed by atoms with van der Waals surface area (Å²) in [6, 6.07) is 14.2. The maximum atomic E-state index is 14.4. The lowest BCUT2D eigenvalue weighted by Gasteiger charge is -2.16. The molecule has 0 saturated carbocycles. The lowest BCUT2D eigenvalue weighted by Crippen LogP contribution is -2.32. The van der Waals surface area contributed by atoms with Crippen molar-refractivity contribution >= 4 is 52.8 Å². The molecule has 12 nitrogen and oxygen atoms in total. The molecule has 0 radical (unpaired) electrons. The van der Waals surface area contributed by atoms with Crippen molar-refractivity contribution in [3.8, 4) is 11.3 Å². The number of halogens is 1. The van der Waals surface area contributed by atoms with E-state index in [1.165, 1.54) is 0 Å². The van der Waals surface area contributed by atoms with Gasteiger partial charge < -0.3 is 26.1 Å². The zero-order valence-electron chi connectivity index (χ0n) is 26.5. The van der Waals surface area contributed by atoms with Gasteiger partial charge in [-0.2, -0.15) is 4.99 Å². The van der Waals surface area contributed by atoms with Crippen molar-refractivity contribution in [3.63, 3.8) is 0 Å². The number of aliphatic imine (C=N–C) groups is 3. The Morgan fingerprint density at radius 2 is 2.06 bits per heavy atom. The number of nitrogens with one attached hydrogen (secondary N) is 3. The number of carbonyl (C=O) groups is 1. The fraction of sp³-hybridized carbons (Fsp3) is 0.235. The van der Waals surface area contributed by atoms with Crippen molar-refractivity contribution < 1.29 is 13.9 Å². The standard InChI is InChI=1S/C34H37FN10O2/c1-21-16-40-33(43-29(36)15-22(2)37-3)44-31(21)26-17-39-32-25(26)11-8-12-28(32)42-30(46)20-45-14-13-24(19-45)47-34(38-4)41-18-27(35)23-9-6-5-7-10-23/h5-12,15-18,24,37,39H,4,13-14,19-20H2,1-3H3,(H,42,46)(H2,36,40,43,44)/b22-15-,27-18+,41-34?. The van der Waals surface area contributed by atoms with Crippen LogP contribution in [0.1, 0.15) is 24.5 Å². The third kappa shape index (κ3) is 8.32. The summed E-state index contributed by atoms with van der Waals surface area (Å²) in [5.41, 5.74) is 11.1. The van der Waals surface area contributed by atoms with Gasteiger partial charge in [-0.1, -0.05) is 42.5 Å². The number of anilines is 1. The number of likely N-dealkylation sites (tertiary alicyclic amines) is 1. The number of aryl methyl sites for hydroxylation is 1. The van der Waals surface area contributed by atoms with E-state index in [2.05, 4.69) is 47.3 Å². The number of para-hydroxylation sites is 1. The highest BCUT2D eigenvalue weighted by atomic mass is 19.1. The smallest absolute Gasteiger partial charge is 0.316 e. The van der Waals surface area contributed by atoms with E-state index in [9.17, 15) is 9.18 Å². The fourth-order valence-corrected chi connectivity index (χ4v) is 5.13. The second-order valence-corrected chi connectivity index (χ2v) is 11.0. The number of hydrogen-bond donors (Lipinski definition) is 4. The molecule has 3 heterocycles. The van der Waals surface area contributed by atoms with E-state index < -0.39 is 5.83 Å². The van der Waals surface area contributed by atoms with E-state index in [0.29, 0.717) is 36.5 Å². The topological polar surface area (TPSA) is 158 Å². The van der Waals surface area contributed by atoms with Crippen LogP contribution in [0.25, 0.3) is 28.0 Å². The number of allylic oxidation sites excluding steroid dienone is 1. The molecule has 1 atom stereocenters. The van der Waals surface area contributed by atoms with E-state index in [1.54, 1.807) is 49.7 Å². The number of nitrogens with zero attached hydrogens (tertiary/aromatic N) is 6. The summed E-state index contributed by atoms with van der Waals surface area (Å²) in [5, 5.41) is 6.91. The molecule has 1 fully saturated rings. The Bertz CT molecular complexity index is 1880. The normalized spacial score (nSPS) is 16.4. The molecule has 0 aliphatic carbocycles. The highest BCUT2D eigenvalue weighted by Gasteiger charge is 2.26. The van der Waals surface area contributed by atoms with Gasteiger partial charge in [0.2, 0.25) is 5.91 Å². The number of carbonyl (C=O) groups excluding carboxylic acids is 1. The van der Waals surface area contributed by atoms with Crippen LogP contribution in [0.4, 0.5) is 16.0 Å². The molecule has 1 aliphatic rings. The zero-order valence-corrected chi connectivity index (χ0v) is 26.5. The Balaban J connectivity index is 1.23. The number of benzene rings is 2. The van der Waals surface area contributed by atoms with E-state index in [4.69, 9.17) is 10.5 Å². The van der Waals surface area contributed by atoms with Gasteiger partial charge in [0.15, 0.2) is 0 Å². The molecule has 0 bridgehead atoms. The van der Waals surface area contributed by atoms with Crippen LogP contribution in [-0.2, 0) is 9.53 Å². The Labute approximate surface area is 272 Å². The van der Waals surface area contributed by atoms with Crippen LogP contribution in [0, 0.1) is 6.92 Å². The SMILES string of the molecule is C=NC(=N/C=C(/F)c1ccccc1)OC1CCN(CC(=O)Nc2cccc3c(-c4nc(/N=C(N)\C=C(\C)NC)ncc4C)c[nH]c23)C1. The number of aromatic amines is 1. The van der Waals surface area contributed by atoms with Crippen molar-refractivity contribution in [1.29, 1.82) is 0 Å². The fourth-order valence-electron chi connectivity index (χ4n) is 5.13. The van der Waals surface area contributed by atoms with Crippen LogP contribution in [0.2, 0.25) is 0 Å². The first-order valence-corrected chi connectivity index (χ1v) is 15.0. The second kappa shape index (κ2) is 15.1. The first kappa shape index (κ1) is 32.7. The number of ether oxygens (including phenoxy) is 1. The van der Waals surface area contributed by atoms with E-state index in [0.717, 1.165) is 33.9 Å². The first-order chi connectivity index (χ1) is 22.7. The van der Waals surface area contributed by atoms with Crippen LogP contribution in [0.5, 0.6) is 0 Å². The lowest BCUT2D eigenvalue weighted by molar-refractivity contribution is -0.117. The second-order valence-electron chi connectivity index (χ2n) is 11.0. The number of fused-ring (bicyclic) bond motifs is 1. The van der Waals surface area contributed by atoms with Gasteiger partial charge in [0, 0.05) is 54.7 Å². The van der Waals surface area contributed by atoms with Gasteiger partial charge in [0.05, 0.1) is 29.6 Å². The molecule has 1 aliphatic heterocycles. The molecule has 1 saturated heterocycles. The van der Waals surface area contributed by atoms with Crippen LogP contribution in [0.15, 0.2) is 93.9 Å². The summed E-state index contributed by atoms with van der Waals surface area (Å²) in [6.45, 7) is 8.58. The average Bonchev–Trinajstić information content (AvgIpc) is 3.71. The van der Waals surface area contributed by atoms with Gasteiger partial charge in [-0.05, 0) is 44.7 Å². The van der Waals surface area contributed by atoms with E-state index in [-0.39, 0.29) is 36.4 Å². The van der Waals surface area contributed by atoms with E-state index >= 15 is 0 Å². The number of rotatable bonds is 10. The number of amidine groups is 2. The number of hydrogen-bond acceptors (Lipinski definition) is 8. The average molecular weight is 637 g/mol. The molecule has 2 aromatic carbocycles. The van der Waals surface area contributed by atoms with Crippen LogP contribution < -0.4 is 16.4 Å². The van der Waals surface area contributed by atoms with Gasteiger partial charge >= 0.3 is 6.02 Å². The molecule has 242 valence electrons. The summed E-state index contributed by atoms with van der Waals surface area (Å²) in [6.07, 6.45) is 6.72. The number of nitrogens with two attached hydrogens (primary N) is 1. The molecular weight excluding hydrogens is 599 g/mol. The maximum absolute atomic E-state index is 14.4. The maximum Gasteiger partial charge on any atom is 0.316 e. The first-order valence-electron chi connectivity index (χ1n) is 15.0. The van der Waals surface area contributed by atoms with Gasteiger partial charge in [-0.15, -0.1) is 0 Å². The van der Waals surface area contributed by atoms with Gasteiger partial charge in [-0.3, -0.25) is 9.69 Å². The highest BCUT2D eigenvalue weighted by molar-refractivity contribution is 6.06. The third-order valence-electron chi connectivity index (χ3n) is 7.53. The summed E-state index contributed by atoms with van der Waals surface area (Å²) >= 11 is 0. The molecule has 1 amide bonds. The predicted octanol–water partition coefficient (Wildman–Crippen LogP) is 5.10. The molecule has 0 spiro atoms. The van der Waals surface area contributed by atoms with Crippen molar-refractivity contribution in [2.45, 2.75) is 26.4 Å². The van der Waals surface area contributed by atoms with E-state index in [1.807, 2.05) is 43.1 Å². The minimum Gasteiger partial charge on any atom is -0.459 e.